The second-order valence-electron chi connectivity index (χ2n) is 3.46. The quantitative estimate of drug-likeness (QED) is 0.858. The normalized spacial score (nSPS) is 10.3. The average Bonchev–Trinajstić information content (AvgIpc) is 2.28. The van der Waals surface area contributed by atoms with E-state index < -0.39 is 5.97 Å². The van der Waals surface area contributed by atoms with Crippen LogP contribution in [0.3, 0.4) is 0 Å². The number of carboxylic acid groups (broad SMARTS) is 1. The van der Waals surface area contributed by atoms with Crippen LogP contribution in [0.1, 0.15) is 17.3 Å². The largest absolute Gasteiger partial charge is 0.494 e. The van der Waals surface area contributed by atoms with Crippen molar-refractivity contribution in [2.75, 3.05) is 6.61 Å². The Labute approximate surface area is 93.3 Å². The molecular formula is C13H12O3. The van der Waals surface area contributed by atoms with Crippen molar-refractivity contribution in [2.45, 2.75) is 6.92 Å². The first kappa shape index (κ1) is 10.5. The van der Waals surface area contributed by atoms with Gasteiger partial charge in [-0.1, -0.05) is 12.1 Å². The summed E-state index contributed by atoms with van der Waals surface area (Å²) >= 11 is 0. The highest BCUT2D eigenvalue weighted by Crippen LogP contribution is 2.22. The van der Waals surface area contributed by atoms with Crippen molar-refractivity contribution >= 4 is 16.7 Å². The van der Waals surface area contributed by atoms with Gasteiger partial charge in [-0.25, -0.2) is 4.79 Å². The lowest BCUT2D eigenvalue weighted by molar-refractivity contribution is 0.0697. The number of fused-ring (bicyclic) bond motifs is 1. The molecule has 0 aliphatic rings. The molecule has 0 saturated carbocycles. The molecule has 1 N–H and O–H groups in total. The van der Waals surface area contributed by atoms with Gasteiger partial charge >= 0.3 is 5.97 Å². The fourth-order valence-electron chi connectivity index (χ4n) is 1.61. The smallest absolute Gasteiger partial charge is 0.335 e. The summed E-state index contributed by atoms with van der Waals surface area (Å²) in [6, 6.07) is 10.7. The van der Waals surface area contributed by atoms with E-state index in [1.807, 2.05) is 25.1 Å². The predicted octanol–water partition coefficient (Wildman–Crippen LogP) is 2.94. The molecule has 0 heterocycles. The van der Waals surface area contributed by atoms with E-state index in [9.17, 15) is 4.79 Å². The summed E-state index contributed by atoms with van der Waals surface area (Å²) in [7, 11) is 0. The zero-order valence-corrected chi connectivity index (χ0v) is 8.93. The first-order chi connectivity index (χ1) is 7.70. The second-order valence-corrected chi connectivity index (χ2v) is 3.46. The molecule has 0 fully saturated rings. The van der Waals surface area contributed by atoms with Gasteiger partial charge in [-0.05, 0) is 42.0 Å². The van der Waals surface area contributed by atoms with Crippen LogP contribution in [-0.2, 0) is 0 Å². The third-order valence-electron chi connectivity index (χ3n) is 2.37. The van der Waals surface area contributed by atoms with Crippen LogP contribution in [0.4, 0.5) is 0 Å². The van der Waals surface area contributed by atoms with E-state index in [1.54, 1.807) is 18.2 Å². The Morgan fingerprint density at radius 1 is 1.19 bits per heavy atom. The molecule has 2 rings (SSSR count). The number of benzene rings is 2. The summed E-state index contributed by atoms with van der Waals surface area (Å²) in [5, 5.41) is 10.7. The summed E-state index contributed by atoms with van der Waals surface area (Å²) < 4.78 is 5.38. The number of hydrogen-bond donors (Lipinski definition) is 1. The highest BCUT2D eigenvalue weighted by Gasteiger charge is 2.04. The molecule has 0 unspecified atom stereocenters. The van der Waals surface area contributed by atoms with Crippen LogP contribution < -0.4 is 4.74 Å². The zero-order valence-electron chi connectivity index (χ0n) is 8.93. The van der Waals surface area contributed by atoms with E-state index in [0.29, 0.717) is 12.2 Å². The number of ether oxygens (including phenoxy) is 1. The Morgan fingerprint density at radius 3 is 2.56 bits per heavy atom. The fourth-order valence-corrected chi connectivity index (χ4v) is 1.61. The Kier molecular flexibility index (Phi) is 2.77. The van der Waals surface area contributed by atoms with Crippen molar-refractivity contribution in [1.29, 1.82) is 0 Å². The molecule has 0 aromatic heterocycles. The first-order valence-electron chi connectivity index (χ1n) is 5.10. The minimum absolute atomic E-state index is 0.302. The minimum atomic E-state index is -0.907. The van der Waals surface area contributed by atoms with Gasteiger partial charge in [0.25, 0.3) is 0 Å². The van der Waals surface area contributed by atoms with Crippen molar-refractivity contribution < 1.29 is 14.6 Å². The molecule has 3 nitrogen and oxygen atoms in total. The van der Waals surface area contributed by atoms with Crippen molar-refractivity contribution in [3.8, 4) is 5.75 Å². The highest BCUT2D eigenvalue weighted by atomic mass is 16.5. The van der Waals surface area contributed by atoms with Crippen molar-refractivity contribution in [2.24, 2.45) is 0 Å². The Morgan fingerprint density at radius 2 is 1.88 bits per heavy atom. The SMILES string of the molecule is CCOc1ccc2cc(C(=O)O)ccc2c1. The molecule has 0 amide bonds. The molecule has 3 heteroatoms. The van der Waals surface area contributed by atoms with Gasteiger partial charge in [-0.15, -0.1) is 0 Å². The lowest BCUT2D eigenvalue weighted by Gasteiger charge is -2.05. The molecule has 2 aromatic carbocycles. The average molecular weight is 216 g/mol. The molecule has 0 atom stereocenters. The van der Waals surface area contributed by atoms with E-state index in [0.717, 1.165) is 16.5 Å². The van der Waals surface area contributed by atoms with Gasteiger partial charge in [0.15, 0.2) is 0 Å². The summed E-state index contributed by atoms with van der Waals surface area (Å²) in [5.74, 6) is -0.103. The second kappa shape index (κ2) is 4.23. The van der Waals surface area contributed by atoms with Crippen LogP contribution in [0.15, 0.2) is 36.4 Å². The maximum atomic E-state index is 10.8. The predicted molar refractivity (Wildman–Crippen MR) is 62.1 cm³/mol. The fraction of sp³-hybridized carbons (Fsp3) is 0.154. The van der Waals surface area contributed by atoms with Crippen LogP contribution in [0.5, 0.6) is 5.75 Å². The van der Waals surface area contributed by atoms with E-state index in [-0.39, 0.29) is 0 Å². The number of carbonyl (C=O) groups is 1. The van der Waals surface area contributed by atoms with Gasteiger partial charge in [0.2, 0.25) is 0 Å². The lowest BCUT2D eigenvalue weighted by atomic mass is 10.1. The maximum Gasteiger partial charge on any atom is 0.335 e. The van der Waals surface area contributed by atoms with Crippen molar-refractivity contribution in [3.05, 3.63) is 42.0 Å². The van der Waals surface area contributed by atoms with Crippen molar-refractivity contribution in [1.82, 2.24) is 0 Å². The van der Waals surface area contributed by atoms with E-state index in [1.165, 1.54) is 0 Å². The zero-order chi connectivity index (χ0) is 11.5. The van der Waals surface area contributed by atoms with Gasteiger partial charge in [0.05, 0.1) is 12.2 Å². The topological polar surface area (TPSA) is 46.5 Å². The van der Waals surface area contributed by atoms with E-state index in [2.05, 4.69) is 0 Å². The number of carboxylic acids is 1. The molecule has 16 heavy (non-hydrogen) atoms. The van der Waals surface area contributed by atoms with Crippen LogP contribution >= 0.6 is 0 Å². The molecule has 0 radical (unpaired) electrons. The van der Waals surface area contributed by atoms with Gasteiger partial charge in [-0.3, -0.25) is 0 Å². The number of rotatable bonds is 3. The van der Waals surface area contributed by atoms with Crippen LogP contribution in [0, 0.1) is 0 Å². The third-order valence-corrected chi connectivity index (χ3v) is 2.37. The molecule has 0 aliphatic carbocycles. The summed E-state index contributed by atoms with van der Waals surface area (Å²) in [6.07, 6.45) is 0. The summed E-state index contributed by atoms with van der Waals surface area (Å²) in [6.45, 7) is 2.55. The molecular weight excluding hydrogens is 204 g/mol. The molecule has 82 valence electrons. The summed E-state index contributed by atoms with van der Waals surface area (Å²) in [4.78, 5) is 10.8. The van der Waals surface area contributed by atoms with E-state index >= 15 is 0 Å². The summed E-state index contributed by atoms with van der Waals surface area (Å²) in [5.41, 5.74) is 0.302. The minimum Gasteiger partial charge on any atom is -0.494 e. The monoisotopic (exact) mass is 216 g/mol. The Bertz CT molecular complexity index is 532. The van der Waals surface area contributed by atoms with Gasteiger partial charge in [0, 0.05) is 0 Å². The number of hydrogen-bond acceptors (Lipinski definition) is 2. The number of aromatic carboxylic acids is 1. The first-order valence-corrected chi connectivity index (χ1v) is 5.10. The van der Waals surface area contributed by atoms with E-state index in [4.69, 9.17) is 9.84 Å². The highest BCUT2D eigenvalue weighted by molar-refractivity contribution is 5.94. The van der Waals surface area contributed by atoms with Gasteiger partial charge < -0.3 is 9.84 Å². The standard InChI is InChI=1S/C13H12O3/c1-2-16-12-6-5-9-7-11(13(14)15)4-3-10(9)8-12/h3-8H,2H2,1H3,(H,14,15). The molecule has 2 aromatic rings. The Balaban J connectivity index is 2.48. The molecule has 0 aliphatic heterocycles. The maximum absolute atomic E-state index is 10.8. The van der Waals surface area contributed by atoms with Crippen molar-refractivity contribution in [3.63, 3.8) is 0 Å². The molecule has 0 saturated heterocycles. The third kappa shape index (κ3) is 1.98. The lowest BCUT2D eigenvalue weighted by Crippen LogP contribution is -1.95. The van der Waals surface area contributed by atoms with Crippen LogP contribution in [0.25, 0.3) is 10.8 Å². The van der Waals surface area contributed by atoms with Gasteiger partial charge in [0.1, 0.15) is 5.75 Å². The van der Waals surface area contributed by atoms with Crippen LogP contribution in [-0.4, -0.2) is 17.7 Å². The Hall–Kier alpha value is -2.03. The van der Waals surface area contributed by atoms with Crippen LogP contribution in [0.2, 0.25) is 0 Å². The molecule has 0 bridgehead atoms. The van der Waals surface area contributed by atoms with Gasteiger partial charge in [-0.2, -0.15) is 0 Å². The molecule has 0 spiro atoms.